The number of rotatable bonds is 5. The quantitative estimate of drug-likeness (QED) is 0.811. The molecular weight excluding hydrogens is 316 g/mol. The van der Waals surface area contributed by atoms with Crippen LogP contribution in [0.3, 0.4) is 0 Å². The smallest absolute Gasteiger partial charge is 0.276 e. The summed E-state index contributed by atoms with van der Waals surface area (Å²) in [6, 6.07) is 3.59. The summed E-state index contributed by atoms with van der Waals surface area (Å²) in [5.41, 5.74) is 0. The van der Waals surface area contributed by atoms with E-state index < -0.39 is 19.9 Å². The van der Waals surface area contributed by atoms with Crippen LogP contribution in [0, 0.1) is 0 Å². The Morgan fingerprint density at radius 3 is 2.52 bits per heavy atom. The molecule has 2 fully saturated rings. The highest BCUT2D eigenvalue weighted by Gasteiger charge is 2.33. The fourth-order valence-corrected chi connectivity index (χ4v) is 4.99. The van der Waals surface area contributed by atoms with Gasteiger partial charge in [0.1, 0.15) is 5.76 Å². The van der Waals surface area contributed by atoms with Gasteiger partial charge < -0.3 is 9.73 Å². The third kappa shape index (κ3) is 3.47. The van der Waals surface area contributed by atoms with Gasteiger partial charge in [0.05, 0.1) is 18.1 Å². The minimum absolute atomic E-state index is 0.0129. The van der Waals surface area contributed by atoms with E-state index in [-0.39, 0.29) is 29.7 Å². The van der Waals surface area contributed by atoms with Crippen molar-refractivity contribution in [2.24, 2.45) is 0 Å². The van der Waals surface area contributed by atoms with Gasteiger partial charge in [0.2, 0.25) is 5.09 Å². The summed E-state index contributed by atoms with van der Waals surface area (Å²) < 4.78 is 54.1. The molecule has 2 aliphatic rings. The number of hydrogen-bond donors (Lipinski definition) is 1. The lowest BCUT2D eigenvalue weighted by Crippen LogP contribution is -2.43. The van der Waals surface area contributed by atoms with E-state index in [4.69, 9.17) is 4.42 Å². The van der Waals surface area contributed by atoms with E-state index in [1.165, 1.54) is 10.4 Å². The van der Waals surface area contributed by atoms with Crippen LogP contribution in [0.2, 0.25) is 0 Å². The van der Waals surface area contributed by atoms with E-state index in [1.54, 1.807) is 6.07 Å². The standard InChI is InChI=1S/C12H18N2O5S2/c15-20(16)7-5-14(6-8-20)21(17,18)12-4-3-11(19-12)9-13-10-1-2-10/h3-4,10,13H,1-2,5-9H2. The van der Waals surface area contributed by atoms with Crippen LogP contribution in [-0.4, -0.2) is 51.8 Å². The highest BCUT2D eigenvalue weighted by Crippen LogP contribution is 2.22. The molecule has 0 bridgehead atoms. The second kappa shape index (κ2) is 5.38. The van der Waals surface area contributed by atoms with Gasteiger partial charge in [-0.05, 0) is 25.0 Å². The van der Waals surface area contributed by atoms with E-state index in [2.05, 4.69) is 5.32 Å². The Morgan fingerprint density at radius 1 is 1.24 bits per heavy atom. The van der Waals surface area contributed by atoms with Crippen LogP contribution in [0.25, 0.3) is 0 Å². The maximum Gasteiger partial charge on any atom is 0.276 e. The molecule has 0 radical (unpaired) electrons. The van der Waals surface area contributed by atoms with Gasteiger partial charge >= 0.3 is 0 Å². The van der Waals surface area contributed by atoms with Crippen molar-refractivity contribution < 1.29 is 21.3 Å². The Morgan fingerprint density at radius 2 is 1.90 bits per heavy atom. The number of nitrogens with one attached hydrogen (secondary N) is 1. The van der Waals surface area contributed by atoms with Gasteiger partial charge in [0.25, 0.3) is 10.0 Å². The van der Waals surface area contributed by atoms with Crippen molar-refractivity contribution in [3.63, 3.8) is 0 Å². The van der Waals surface area contributed by atoms with Gasteiger partial charge in [-0.25, -0.2) is 16.8 Å². The fourth-order valence-electron chi connectivity index (χ4n) is 2.19. The first-order valence-electron chi connectivity index (χ1n) is 6.89. The van der Waals surface area contributed by atoms with Crippen LogP contribution in [0.5, 0.6) is 0 Å². The molecule has 0 amide bonds. The first-order valence-corrected chi connectivity index (χ1v) is 10.2. The topological polar surface area (TPSA) is 96.7 Å². The molecule has 118 valence electrons. The second-order valence-electron chi connectivity index (χ2n) is 5.43. The Labute approximate surface area is 124 Å². The first-order chi connectivity index (χ1) is 9.87. The summed E-state index contributed by atoms with van der Waals surface area (Å²) in [6.07, 6.45) is 2.29. The van der Waals surface area contributed by atoms with Gasteiger partial charge in [-0.3, -0.25) is 0 Å². The van der Waals surface area contributed by atoms with E-state index in [0.717, 1.165) is 12.8 Å². The van der Waals surface area contributed by atoms with Crippen molar-refractivity contribution in [3.05, 3.63) is 17.9 Å². The molecule has 0 spiro atoms. The van der Waals surface area contributed by atoms with Gasteiger partial charge in [0.15, 0.2) is 9.84 Å². The molecule has 1 saturated heterocycles. The maximum atomic E-state index is 12.4. The molecule has 0 unspecified atom stereocenters. The number of hydrogen-bond acceptors (Lipinski definition) is 6. The summed E-state index contributed by atoms with van der Waals surface area (Å²) in [5, 5.41) is 3.13. The summed E-state index contributed by atoms with van der Waals surface area (Å²) in [6.45, 7) is 0.483. The summed E-state index contributed by atoms with van der Waals surface area (Å²) in [4.78, 5) is 0. The third-order valence-corrected chi connectivity index (χ3v) is 7.06. The van der Waals surface area contributed by atoms with Crippen molar-refractivity contribution >= 4 is 19.9 Å². The number of nitrogens with zero attached hydrogens (tertiary/aromatic N) is 1. The summed E-state index contributed by atoms with van der Waals surface area (Å²) in [5.74, 6) is 0.302. The van der Waals surface area contributed by atoms with Gasteiger partial charge in [0, 0.05) is 19.1 Å². The maximum absolute atomic E-state index is 12.4. The highest BCUT2D eigenvalue weighted by atomic mass is 32.2. The molecule has 1 aliphatic carbocycles. The molecule has 21 heavy (non-hydrogen) atoms. The van der Waals surface area contributed by atoms with Crippen molar-refractivity contribution in [2.75, 3.05) is 24.6 Å². The van der Waals surface area contributed by atoms with E-state index in [1.807, 2.05) is 0 Å². The molecule has 0 aromatic carbocycles. The minimum Gasteiger partial charge on any atom is -0.447 e. The van der Waals surface area contributed by atoms with Crippen LogP contribution in [0.4, 0.5) is 0 Å². The normalized spacial score (nSPS) is 23.2. The summed E-state index contributed by atoms with van der Waals surface area (Å²) >= 11 is 0. The Balaban J connectivity index is 1.69. The van der Waals surface area contributed by atoms with Gasteiger partial charge in [-0.15, -0.1) is 0 Å². The lowest BCUT2D eigenvalue weighted by molar-refractivity contribution is 0.370. The van der Waals surface area contributed by atoms with Gasteiger partial charge in [-0.2, -0.15) is 4.31 Å². The first kappa shape index (κ1) is 15.0. The second-order valence-corrected chi connectivity index (χ2v) is 9.60. The van der Waals surface area contributed by atoms with Crippen LogP contribution in [0.1, 0.15) is 18.6 Å². The lowest BCUT2D eigenvalue weighted by atomic mass is 10.4. The molecule has 7 nitrogen and oxygen atoms in total. The van der Waals surface area contributed by atoms with Crippen LogP contribution in [0.15, 0.2) is 21.6 Å². The number of sulfone groups is 1. The molecular formula is C12H18N2O5S2. The highest BCUT2D eigenvalue weighted by molar-refractivity contribution is 7.92. The third-order valence-electron chi connectivity index (χ3n) is 3.68. The molecule has 9 heteroatoms. The molecule has 1 aromatic heterocycles. The fraction of sp³-hybridized carbons (Fsp3) is 0.667. The average Bonchev–Trinajstić information content (AvgIpc) is 3.12. The Bertz CT molecular complexity index is 705. The number of furan rings is 1. The van der Waals surface area contributed by atoms with Crippen molar-refractivity contribution in [1.29, 1.82) is 0 Å². The lowest BCUT2D eigenvalue weighted by Gasteiger charge is -2.24. The molecule has 1 saturated carbocycles. The zero-order valence-corrected chi connectivity index (χ0v) is 13.1. The molecule has 2 heterocycles. The zero-order chi connectivity index (χ0) is 15.1. The Hall–Kier alpha value is -0.900. The predicted octanol–water partition coefficient (Wildman–Crippen LogP) is -0.0493. The summed E-state index contributed by atoms with van der Waals surface area (Å²) in [7, 11) is -6.85. The minimum atomic E-state index is -3.74. The monoisotopic (exact) mass is 334 g/mol. The van der Waals surface area contributed by atoms with Crippen molar-refractivity contribution in [3.8, 4) is 0 Å². The van der Waals surface area contributed by atoms with Crippen LogP contribution < -0.4 is 5.32 Å². The van der Waals surface area contributed by atoms with Crippen LogP contribution >= 0.6 is 0 Å². The van der Waals surface area contributed by atoms with E-state index >= 15 is 0 Å². The zero-order valence-electron chi connectivity index (χ0n) is 11.5. The Kier molecular flexibility index (Phi) is 3.85. The molecule has 1 aliphatic heterocycles. The molecule has 1 aromatic rings. The van der Waals surface area contributed by atoms with E-state index in [9.17, 15) is 16.8 Å². The van der Waals surface area contributed by atoms with E-state index in [0.29, 0.717) is 18.3 Å². The van der Waals surface area contributed by atoms with Crippen molar-refractivity contribution in [2.45, 2.75) is 30.5 Å². The molecule has 3 rings (SSSR count). The largest absolute Gasteiger partial charge is 0.447 e. The number of sulfonamides is 1. The average molecular weight is 334 g/mol. The molecule has 1 N–H and O–H groups in total. The SMILES string of the molecule is O=S1(=O)CCN(S(=O)(=O)c2ccc(CNC3CC3)o2)CC1. The van der Waals surface area contributed by atoms with Crippen molar-refractivity contribution in [1.82, 2.24) is 9.62 Å². The van der Waals surface area contributed by atoms with Crippen LogP contribution in [-0.2, 0) is 26.4 Å². The molecule has 0 atom stereocenters. The predicted molar refractivity (Wildman–Crippen MR) is 76.0 cm³/mol. The van der Waals surface area contributed by atoms with Gasteiger partial charge in [-0.1, -0.05) is 0 Å².